The first-order chi connectivity index (χ1) is 14.2. The van der Waals surface area contributed by atoms with Crippen molar-refractivity contribution in [2.75, 3.05) is 5.32 Å². The summed E-state index contributed by atoms with van der Waals surface area (Å²) in [5.41, 5.74) is 5.09. The van der Waals surface area contributed by atoms with Gasteiger partial charge in [0.15, 0.2) is 11.5 Å². The average molecular weight is 379 g/mol. The summed E-state index contributed by atoms with van der Waals surface area (Å²) in [7, 11) is 0. The summed E-state index contributed by atoms with van der Waals surface area (Å²) in [5, 5.41) is 13.8. The molecule has 29 heavy (non-hydrogen) atoms. The summed E-state index contributed by atoms with van der Waals surface area (Å²) in [6.45, 7) is 1.84. The first-order valence-corrected chi connectivity index (χ1v) is 9.34. The number of nitrogens with one attached hydrogen (secondary N) is 1. The van der Waals surface area contributed by atoms with E-state index in [9.17, 15) is 5.26 Å². The third-order valence-corrected chi connectivity index (χ3v) is 4.90. The lowest BCUT2D eigenvalue weighted by Gasteiger charge is -2.12. The molecule has 0 saturated carbocycles. The molecule has 0 amide bonds. The number of nitrogens with zero attached hydrogens (tertiary/aromatic N) is 2. The van der Waals surface area contributed by atoms with Gasteiger partial charge in [0.05, 0.1) is 16.8 Å². The molecule has 1 aromatic heterocycles. The zero-order chi connectivity index (χ0) is 19.8. The fourth-order valence-electron chi connectivity index (χ4n) is 3.51. The first kappa shape index (κ1) is 17.1. The third-order valence-electron chi connectivity index (χ3n) is 4.90. The zero-order valence-electron chi connectivity index (χ0n) is 15.7. The Labute approximate surface area is 168 Å². The minimum absolute atomic E-state index is 0.334. The van der Waals surface area contributed by atoms with Crippen LogP contribution in [0.5, 0.6) is 11.5 Å². The van der Waals surface area contributed by atoms with Crippen LogP contribution < -0.4 is 14.8 Å². The highest BCUT2D eigenvalue weighted by Crippen LogP contribution is 2.41. The van der Waals surface area contributed by atoms with Gasteiger partial charge in [-0.1, -0.05) is 42.5 Å². The van der Waals surface area contributed by atoms with E-state index in [1.165, 1.54) is 0 Å². The molecule has 0 saturated heterocycles. The van der Waals surface area contributed by atoms with Gasteiger partial charge in [-0.15, -0.1) is 0 Å². The summed E-state index contributed by atoms with van der Waals surface area (Å²) < 4.78 is 11.3. The number of aromatic nitrogens is 1. The van der Waals surface area contributed by atoms with E-state index in [-0.39, 0.29) is 6.29 Å². The van der Waals surface area contributed by atoms with Crippen LogP contribution in [0.3, 0.4) is 0 Å². The maximum atomic E-state index is 9.60. The van der Waals surface area contributed by atoms with Crippen LogP contribution in [0, 0.1) is 11.3 Å². The van der Waals surface area contributed by atoms with Gasteiger partial charge in [-0.05, 0) is 29.3 Å². The Morgan fingerprint density at radius 3 is 2.34 bits per heavy atom. The molecule has 1 atom stereocenters. The molecule has 5 heteroatoms. The molecule has 0 spiro atoms. The van der Waals surface area contributed by atoms with Gasteiger partial charge in [0.25, 0.3) is 0 Å². The Hall–Kier alpha value is -4.04. The van der Waals surface area contributed by atoms with Gasteiger partial charge < -0.3 is 14.8 Å². The van der Waals surface area contributed by atoms with Gasteiger partial charge >= 0.3 is 0 Å². The molecule has 5 nitrogen and oxygen atoms in total. The van der Waals surface area contributed by atoms with Crippen LogP contribution in [0.1, 0.15) is 12.5 Å². The van der Waals surface area contributed by atoms with Crippen LogP contribution in [-0.2, 0) is 0 Å². The van der Waals surface area contributed by atoms with Gasteiger partial charge in [0, 0.05) is 30.3 Å². The summed E-state index contributed by atoms with van der Waals surface area (Å²) in [6, 6.07) is 24.3. The van der Waals surface area contributed by atoms with Crippen molar-refractivity contribution >= 4 is 22.3 Å². The molecule has 3 aromatic carbocycles. The van der Waals surface area contributed by atoms with Crippen LogP contribution >= 0.6 is 0 Å². The lowest BCUT2D eigenvalue weighted by molar-refractivity contribution is 0.0679. The van der Waals surface area contributed by atoms with Crippen molar-refractivity contribution in [3.8, 4) is 28.7 Å². The molecule has 5 rings (SSSR count). The molecule has 140 valence electrons. The van der Waals surface area contributed by atoms with Crippen LogP contribution in [0.2, 0.25) is 0 Å². The molecule has 2 heterocycles. The number of hydrogen-bond donors (Lipinski definition) is 1. The van der Waals surface area contributed by atoms with Crippen LogP contribution in [-0.4, -0.2) is 11.3 Å². The average Bonchev–Trinajstić information content (AvgIpc) is 3.12. The van der Waals surface area contributed by atoms with Crippen molar-refractivity contribution in [2.24, 2.45) is 0 Å². The van der Waals surface area contributed by atoms with Gasteiger partial charge in [-0.25, -0.2) is 0 Å². The summed E-state index contributed by atoms with van der Waals surface area (Å²) >= 11 is 0. The molecule has 1 N–H and O–H groups in total. The Morgan fingerprint density at radius 2 is 1.62 bits per heavy atom. The molecule has 4 aromatic rings. The topological polar surface area (TPSA) is 67.2 Å². The quantitative estimate of drug-likeness (QED) is 0.499. The number of rotatable bonds is 3. The van der Waals surface area contributed by atoms with E-state index in [0.29, 0.717) is 22.7 Å². The van der Waals surface area contributed by atoms with Crippen molar-refractivity contribution in [1.29, 1.82) is 5.26 Å². The zero-order valence-corrected chi connectivity index (χ0v) is 15.7. The second-order valence-corrected chi connectivity index (χ2v) is 6.85. The van der Waals surface area contributed by atoms with E-state index < -0.39 is 0 Å². The highest BCUT2D eigenvalue weighted by molar-refractivity contribution is 5.97. The highest BCUT2D eigenvalue weighted by Gasteiger charge is 2.22. The maximum Gasteiger partial charge on any atom is 0.238 e. The number of hydrogen-bond acceptors (Lipinski definition) is 5. The number of nitriles is 1. The molecular weight excluding hydrogens is 362 g/mol. The van der Waals surface area contributed by atoms with Gasteiger partial charge in [-0.3, -0.25) is 4.98 Å². The molecule has 0 radical (unpaired) electrons. The lowest BCUT2D eigenvalue weighted by atomic mass is 10.0. The number of ether oxygens (including phenoxy) is 2. The number of pyridine rings is 1. The summed E-state index contributed by atoms with van der Waals surface area (Å²) in [4.78, 5) is 4.41. The third kappa shape index (κ3) is 3.11. The second kappa shape index (κ2) is 6.84. The Kier molecular flexibility index (Phi) is 4.03. The number of fused-ring (bicyclic) bond motifs is 2. The number of benzene rings is 3. The van der Waals surface area contributed by atoms with E-state index in [1.807, 2.05) is 49.4 Å². The van der Waals surface area contributed by atoms with Crippen LogP contribution in [0.15, 0.2) is 72.9 Å². The molecule has 0 fully saturated rings. The summed E-state index contributed by atoms with van der Waals surface area (Å²) in [6.07, 6.45) is 1.24. The van der Waals surface area contributed by atoms with Crippen molar-refractivity contribution in [2.45, 2.75) is 13.2 Å². The van der Waals surface area contributed by atoms with Gasteiger partial charge in [-0.2, -0.15) is 5.26 Å². The van der Waals surface area contributed by atoms with E-state index in [1.54, 1.807) is 6.20 Å². The van der Waals surface area contributed by atoms with Crippen molar-refractivity contribution < 1.29 is 9.47 Å². The van der Waals surface area contributed by atoms with Crippen molar-refractivity contribution in [1.82, 2.24) is 4.98 Å². The fourth-order valence-corrected chi connectivity index (χ4v) is 3.51. The number of anilines is 2. The molecule has 1 unspecified atom stereocenters. The van der Waals surface area contributed by atoms with Crippen molar-refractivity contribution in [3.05, 3.63) is 78.5 Å². The van der Waals surface area contributed by atoms with Crippen molar-refractivity contribution in [3.63, 3.8) is 0 Å². The van der Waals surface area contributed by atoms with Gasteiger partial charge in [0.1, 0.15) is 6.07 Å². The molecule has 0 aliphatic carbocycles. The largest absolute Gasteiger partial charge is 0.451 e. The second-order valence-electron chi connectivity index (χ2n) is 6.85. The Balaban J connectivity index is 1.54. The highest BCUT2D eigenvalue weighted by atomic mass is 16.7. The fraction of sp³-hybridized carbons (Fsp3) is 0.0833. The Bertz CT molecular complexity index is 1250. The smallest absolute Gasteiger partial charge is 0.238 e. The monoisotopic (exact) mass is 379 g/mol. The molecule has 0 bridgehead atoms. The normalized spacial score (nSPS) is 14.6. The minimum Gasteiger partial charge on any atom is -0.451 e. The van der Waals surface area contributed by atoms with E-state index in [4.69, 9.17) is 9.47 Å². The summed E-state index contributed by atoms with van der Waals surface area (Å²) in [5.74, 6) is 1.32. The standard InChI is InChI=1S/C24H17N3O2/c1-15-28-22-11-20-21(12-23(22)29-15)26-14-18(13-25)24(20)27-19-9-7-17(8-10-19)16-5-3-2-4-6-16/h2-12,14-15H,1H3,(H,26,27). The maximum absolute atomic E-state index is 9.60. The van der Waals surface area contributed by atoms with Crippen LogP contribution in [0.4, 0.5) is 11.4 Å². The first-order valence-electron chi connectivity index (χ1n) is 9.34. The molecule has 1 aliphatic rings. The lowest BCUT2D eigenvalue weighted by Crippen LogP contribution is -2.11. The van der Waals surface area contributed by atoms with Gasteiger partial charge in [0.2, 0.25) is 6.29 Å². The van der Waals surface area contributed by atoms with E-state index in [2.05, 4.69) is 40.6 Å². The van der Waals surface area contributed by atoms with E-state index in [0.717, 1.165) is 27.7 Å². The minimum atomic E-state index is -0.334. The van der Waals surface area contributed by atoms with Crippen LogP contribution in [0.25, 0.3) is 22.0 Å². The predicted octanol–water partition coefficient (Wildman–Crippen LogP) is 5.63. The van der Waals surface area contributed by atoms with E-state index >= 15 is 0 Å². The predicted molar refractivity (Wildman–Crippen MR) is 112 cm³/mol. The molecular formula is C24H17N3O2. The molecule has 1 aliphatic heterocycles. The Morgan fingerprint density at radius 1 is 0.931 bits per heavy atom. The SMILES string of the molecule is CC1Oc2cc3ncc(C#N)c(Nc4ccc(-c5ccccc5)cc4)c3cc2O1.